The molecule has 0 bridgehead atoms. The molecule has 1 N–H and O–H groups in total. The highest BCUT2D eigenvalue weighted by Crippen LogP contribution is 2.27. The first-order chi connectivity index (χ1) is 11.4. The number of fused-ring (bicyclic) bond motifs is 1. The van der Waals surface area contributed by atoms with E-state index in [0.29, 0.717) is 0 Å². The predicted molar refractivity (Wildman–Crippen MR) is 96.9 cm³/mol. The van der Waals surface area contributed by atoms with Gasteiger partial charge in [0.2, 0.25) is 0 Å². The molecule has 0 unspecified atom stereocenters. The number of pyridine rings is 1. The SMILES string of the molecule is c1ccc(-c2ccc(Nc3cccc4ncccc34)cc2)cc1. The topological polar surface area (TPSA) is 24.9 Å². The van der Waals surface area contributed by atoms with Gasteiger partial charge in [0.05, 0.1) is 5.52 Å². The molecular weight excluding hydrogens is 280 g/mol. The Morgan fingerprint density at radius 1 is 0.609 bits per heavy atom. The molecule has 0 spiro atoms. The first-order valence-corrected chi connectivity index (χ1v) is 7.66. The van der Waals surface area contributed by atoms with Crippen LogP contribution in [-0.2, 0) is 0 Å². The van der Waals surface area contributed by atoms with Crippen molar-refractivity contribution < 1.29 is 0 Å². The maximum Gasteiger partial charge on any atom is 0.0722 e. The van der Waals surface area contributed by atoms with Gasteiger partial charge in [-0.15, -0.1) is 0 Å². The average molecular weight is 296 g/mol. The molecule has 4 aromatic rings. The second-order valence-electron chi connectivity index (χ2n) is 5.44. The van der Waals surface area contributed by atoms with E-state index in [1.807, 2.05) is 30.5 Å². The monoisotopic (exact) mass is 296 g/mol. The highest BCUT2D eigenvalue weighted by molar-refractivity contribution is 5.93. The van der Waals surface area contributed by atoms with Crippen molar-refractivity contribution in [3.63, 3.8) is 0 Å². The second kappa shape index (κ2) is 5.93. The smallest absolute Gasteiger partial charge is 0.0722 e. The lowest BCUT2D eigenvalue weighted by atomic mass is 10.1. The summed E-state index contributed by atoms with van der Waals surface area (Å²) < 4.78 is 0. The van der Waals surface area contributed by atoms with Crippen molar-refractivity contribution in [2.24, 2.45) is 0 Å². The van der Waals surface area contributed by atoms with Crippen LogP contribution >= 0.6 is 0 Å². The normalized spacial score (nSPS) is 10.6. The van der Waals surface area contributed by atoms with Gasteiger partial charge in [-0.2, -0.15) is 0 Å². The minimum absolute atomic E-state index is 0.999. The first kappa shape index (κ1) is 13.5. The molecule has 0 saturated heterocycles. The van der Waals surface area contributed by atoms with Crippen molar-refractivity contribution in [2.75, 3.05) is 5.32 Å². The Hall–Kier alpha value is -3.13. The molecule has 0 radical (unpaired) electrons. The summed E-state index contributed by atoms with van der Waals surface area (Å²) in [6.07, 6.45) is 1.82. The molecule has 0 saturated carbocycles. The van der Waals surface area contributed by atoms with Gasteiger partial charge in [-0.25, -0.2) is 0 Å². The van der Waals surface area contributed by atoms with E-state index in [9.17, 15) is 0 Å². The van der Waals surface area contributed by atoms with Gasteiger partial charge in [0, 0.05) is 23.0 Å². The van der Waals surface area contributed by atoms with Crippen LogP contribution in [0.2, 0.25) is 0 Å². The molecule has 0 atom stereocenters. The molecule has 0 aliphatic rings. The third kappa shape index (κ3) is 2.79. The summed E-state index contributed by atoms with van der Waals surface area (Å²) in [5, 5.41) is 4.61. The van der Waals surface area contributed by atoms with E-state index in [0.717, 1.165) is 22.3 Å². The molecule has 0 aliphatic heterocycles. The largest absolute Gasteiger partial charge is 0.355 e. The quantitative estimate of drug-likeness (QED) is 0.528. The number of anilines is 2. The van der Waals surface area contributed by atoms with Crippen LogP contribution in [-0.4, -0.2) is 4.98 Å². The summed E-state index contributed by atoms with van der Waals surface area (Å²) in [5.74, 6) is 0. The molecule has 1 heterocycles. The van der Waals surface area contributed by atoms with Crippen LogP contribution < -0.4 is 5.32 Å². The minimum Gasteiger partial charge on any atom is -0.355 e. The van der Waals surface area contributed by atoms with Crippen LogP contribution in [0.5, 0.6) is 0 Å². The van der Waals surface area contributed by atoms with Crippen molar-refractivity contribution in [3.05, 3.63) is 91.1 Å². The average Bonchev–Trinajstić information content (AvgIpc) is 2.63. The van der Waals surface area contributed by atoms with Gasteiger partial charge >= 0.3 is 0 Å². The van der Waals surface area contributed by atoms with Crippen LogP contribution in [0.3, 0.4) is 0 Å². The van der Waals surface area contributed by atoms with E-state index < -0.39 is 0 Å². The fourth-order valence-corrected chi connectivity index (χ4v) is 2.74. The van der Waals surface area contributed by atoms with Crippen LogP contribution in [0.4, 0.5) is 11.4 Å². The lowest BCUT2D eigenvalue weighted by molar-refractivity contribution is 1.41. The molecule has 0 amide bonds. The number of nitrogens with one attached hydrogen (secondary N) is 1. The van der Waals surface area contributed by atoms with Crippen molar-refractivity contribution >= 4 is 22.3 Å². The maximum atomic E-state index is 4.40. The number of nitrogens with zero attached hydrogens (tertiary/aromatic N) is 1. The van der Waals surface area contributed by atoms with Gasteiger partial charge in [-0.3, -0.25) is 4.98 Å². The van der Waals surface area contributed by atoms with Crippen molar-refractivity contribution in [3.8, 4) is 11.1 Å². The first-order valence-electron chi connectivity index (χ1n) is 7.66. The fourth-order valence-electron chi connectivity index (χ4n) is 2.74. The van der Waals surface area contributed by atoms with Crippen molar-refractivity contribution in [2.45, 2.75) is 0 Å². The summed E-state index contributed by atoms with van der Waals surface area (Å²) in [7, 11) is 0. The summed E-state index contributed by atoms with van der Waals surface area (Å²) in [5.41, 5.74) is 5.59. The summed E-state index contributed by atoms with van der Waals surface area (Å²) >= 11 is 0. The van der Waals surface area contributed by atoms with Crippen molar-refractivity contribution in [1.82, 2.24) is 4.98 Å². The maximum absolute atomic E-state index is 4.40. The van der Waals surface area contributed by atoms with Gasteiger partial charge in [-0.1, -0.05) is 48.5 Å². The van der Waals surface area contributed by atoms with Crippen molar-refractivity contribution in [1.29, 1.82) is 0 Å². The number of rotatable bonds is 3. The zero-order valence-electron chi connectivity index (χ0n) is 12.6. The van der Waals surface area contributed by atoms with Crippen LogP contribution in [0.1, 0.15) is 0 Å². The van der Waals surface area contributed by atoms with E-state index >= 15 is 0 Å². The highest BCUT2D eigenvalue weighted by atomic mass is 14.9. The zero-order chi connectivity index (χ0) is 15.5. The van der Waals surface area contributed by atoms with Gasteiger partial charge in [0.15, 0.2) is 0 Å². The van der Waals surface area contributed by atoms with E-state index in [1.165, 1.54) is 11.1 Å². The Bertz CT molecular complexity index is 923. The highest BCUT2D eigenvalue weighted by Gasteiger charge is 2.02. The molecule has 23 heavy (non-hydrogen) atoms. The molecule has 2 nitrogen and oxygen atoms in total. The Balaban J connectivity index is 1.64. The number of benzene rings is 3. The second-order valence-corrected chi connectivity index (χ2v) is 5.44. The predicted octanol–water partition coefficient (Wildman–Crippen LogP) is 5.65. The molecule has 4 rings (SSSR count). The molecule has 3 aromatic carbocycles. The van der Waals surface area contributed by atoms with Gasteiger partial charge in [0.1, 0.15) is 0 Å². The van der Waals surface area contributed by atoms with Gasteiger partial charge in [0.25, 0.3) is 0 Å². The molecule has 0 fully saturated rings. The molecule has 110 valence electrons. The van der Waals surface area contributed by atoms with E-state index in [2.05, 4.69) is 71.0 Å². The van der Waals surface area contributed by atoms with Gasteiger partial charge in [-0.05, 0) is 47.5 Å². The summed E-state index contributed by atoms with van der Waals surface area (Å²) in [6, 6.07) is 29.1. The van der Waals surface area contributed by atoms with Crippen LogP contribution in [0.15, 0.2) is 91.1 Å². The van der Waals surface area contributed by atoms with Gasteiger partial charge < -0.3 is 5.32 Å². The number of hydrogen-bond donors (Lipinski definition) is 1. The zero-order valence-corrected chi connectivity index (χ0v) is 12.6. The van der Waals surface area contributed by atoms with E-state index in [-0.39, 0.29) is 0 Å². The van der Waals surface area contributed by atoms with Crippen LogP contribution in [0.25, 0.3) is 22.0 Å². The summed E-state index contributed by atoms with van der Waals surface area (Å²) in [4.78, 5) is 4.40. The molecule has 1 aromatic heterocycles. The lowest BCUT2D eigenvalue weighted by Crippen LogP contribution is -1.92. The Kier molecular flexibility index (Phi) is 3.49. The summed E-state index contributed by atoms with van der Waals surface area (Å²) in [6.45, 7) is 0. The van der Waals surface area contributed by atoms with Crippen LogP contribution in [0, 0.1) is 0 Å². The Labute approximate surface area is 135 Å². The fraction of sp³-hybridized carbons (Fsp3) is 0. The molecule has 0 aliphatic carbocycles. The Morgan fingerprint density at radius 3 is 2.22 bits per heavy atom. The molecular formula is C21H16N2. The molecule has 2 heteroatoms. The Morgan fingerprint density at radius 2 is 1.39 bits per heavy atom. The number of hydrogen-bond acceptors (Lipinski definition) is 2. The van der Waals surface area contributed by atoms with E-state index in [1.54, 1.807) is 0 Å². The number of aromatic nitrogens is 1. The lowest BCUT2D eigenvalue weighted by Gasteiger charge is -2.10. The van der Waals surface area contributed by atoms with E-state index in [4.69, 9.17) is 0 Å². The standard InChI is InChI=1S/C21H16N2/c1-2-6-16(7-3-1)17-11-13-18(14-12-17)23-21-10-4-9-20-19(21)8-5-15-22-20/h1-15,23H. The third-order valence-electron chi connectivity index (χ3n) is 3.92. The minimum atomic E-state index is 0.999. The third-order valence-corrected chi connectivity index (χ3v) is 3.92.